The van der Waals surface area contributed by atoms with Crippen molar-refractivity contribution >= 4 is 38.9 Å². The number of carbonyl (C=O) groups excluding carboxylic acids is 1. The van der Waals surface area contributed by atoms with Crippen molar-refractivity contribution in [2.24, 2.45) is 0 Å². The SMILES string of the molecule is O=C(NCCc1csc2ccccc12)c1ccc(Cl)cc1. The fourth-order valence-electron chi connectivity index (χ4n) is 2.24. The molecule has 0 aliphatic carbocycles. The quantitative estimate of drug-likeness (QED) is 0.753. The highest BCUT2D eigenvalue weighted by atomic mass is 35.5. The lowest BCUT2D eigenvalue weighted by atomic mass is 10.1. The van der Waals surface area contributed by atoms with Gasteiger partial charge in [-0.25, -0.2) is 0 Å². The molecule has 2 nitrogen and oxygen atoms in total. The van der Waals surface area contributed by atoms with Gasteiger partial charge in [0.25, 0.3) is 5.91 Å². The van der Waals surface area contributed by atoms with E-state index in [1.807, 2.05) is 12.1 Å². The van der Waals surface area contributed by atoms with Gasteiger partial charge in [0.05, 0.1) is 0 Å². The number of thiophene rings is 1. The summed E-state index contributed by atoms with van der Waals surface area (Å²) in [6, 6.07) is 15.3. The van der Waals surface area contributed by atoms with Gasteiger partial charge in [-0.2, -0.15) is 0 Å². The van der Waals surface area contributed by atoms with Gasteiger partial charge in [0.15, 0.2) is 0 Å². The molecule has 3 aromatic rings. The van der Waals surface area contributed by atoms with E-state index in [2.05, 4.69) is 22.8 Å². The second-order valence-electron chi connectivity index (χ2n) is 4.77. The lowest BCUT2D eigenvalue weighted by Gasteiger charge is -2.05. The van der Waals surface area contributed by atoms with Crippen LogP contribution < -0.4 is 5.32 Å². The van der Waals surface area contributed by atoms with Crippen LogP contribution in [0.1, 0.15) is 15.9 Å². The molecule has 0 bridgehead atoms. The topological polar surface area (TPSA) is 29.1 Å². The minimum Gasteiger partial charge on any atom is -0.352 e. The van der Waals surface area contributed by atoms with Gasteiger partial charge < -0.3 is 5.32 Å². The lowest BCUT2D eigenvalue weighted by molar-refractivity contribution is 0.0954. The molecule has 0 atom stereocenters. The average Bonchev–Trinajstić information content (AvgIpc) is 2.91. The summed E-state index contributed by atoms with van der Waals surface area (Å²) in [5, 5.41) is 7.03. The highest BCUT2D eigenvalue weighted by Gasteiger charge is 2.06. The molecule has 0 aliphatic rings. The minimum absolute atomic E-state index is 0.0637. The zero-order valence-electron chi connectivity index (χ0n) is 11.3. The van der Waals surface area contributed by atoms with E-state index in [1.165, 1.54) is 15.6 Å². The summed E-state index contributed by atoms with van der Waals surface area (Å²) in [7, 11) is 0. The summed E-state index contributed by atoms with van der Waals surface area (Å²) in [4.78, 5) is 12.0. The predicted molar refractivity (Wildman–Crippen MR) is 89.3 cm³/mol. The number of carbonyl (C=O) groups is 1. The van der Waals surface area contributed by atoms with Crippen molar-refractivity contribution < 1.29 is 4.79 Å². The standard InChI is InChI=1S/C17H14ClNOS/c18-14-7-5-12(6-8-14)17(20)19-10-9-13-11-21-16-4-2-1-3-15(13)16/h1-8,11H,9-10H2,(H,19,20). The van der Waals surface area contributed by atoms with Crippen LogP contribution in [0.5, 0.6) is 0 Å². The highest BCUT2D eigenvalue weighted by Crippen LogP contribution is 2.25. The summed E-state index contributed by atoms with van der Waals surface area (Å²) in [5.41, 5.74) is 1.92. The summed E-state index contributed by atoms with van der Waals surface area (Å²) >= 11 is 7.56. The molecule has 0 spiro atoms. The van der Waals surface area contributed by atoms with Gasteiger partial charge >= 0.3 is 0 Å². The smallest absolute Gasteiger partial charge is 0.251 e. The molecule has 0 radical (unpaired) electrons. The first-order valence-electron chi connectivity index (χ1n) is 6.73. The van der Waals surface area contributed by atoms with E-state index in [4.69, 9.17) is 11.6 Å². The van der Waals surface area contributed by atoms with Crippen molar-refractivity contribution in [2.75, 3.05) is 6.54 Å². The summed E-state index contributed by atoms with van der Waals surface area (Å²) in [6.45, 7) is 0.627. The molecule has 0 fully saturated rings. The Bertz CT molecular complexity index is 764. The first-order chi connectivity index (χ1) is 10.2. The average molecular weight is 316 g/mol. The third-order valence-corrected chi connectivity index (χ3v) is 4.61. The van der Waals surface area contributed by atoms with Crippen LogP contribution in [0.25, 0.3) is 10.1 Å². The van der Waals surface area contributed by atoms with Crippen LogP contribution in [0.2, 0.25) is 5.02 Å². The molecule has 1 N–H and O–H groups in total. The Labute approximate surface area is 132 Å². The Morgan fingerprint density at radius 3 is 2.67 bits per heavy atom. The Kier molecular flexibility index (Phi) is 4.23. The number of nitrogens with one attached hydrogen (secondary N) is 1. The molecule has 1 amide bonds. The van der Waals surface area contributed by atoms with Crippen molar-refractivity contribution in [3.8, 4) is 0 Å². The Morgan fingerprint density at radius 1 is 1.10 bits per heavy atom. The van der Waals surface area contributed by atoms with Crippen molar-refractivity contribution in [3.05, 3.63) is 70.1 Å². The fourth-order valence-corrected chi connectivity index (χ4v) is 3.36. The molecule has 3 rings (SSSR count). The third kappa shape index (κ3) is 3.26. The maximum absolute atomic E-state index is 12.0. The minimum atomic E-state index is -0.0637. The van der Waals surface area contributed by atoms with E-state index < -0.39 is 0 Å². The van der Waals surface area contributed by atoms with Crippen LogP contribution in [0.15, 0.2) is 53.9 Å². The second-order valence-corrected chi connectivity index (χ2v) is 6.12. The molecule has 0 unspecified atom stereocenters. The normalized spacial score (nSPS) is 10.7. The Balaban J connectivity index is 1.61. The number of rotatable bonds is 4. The van der Waals surface area contributed by atoms with Crippen molar-refractivity contribution in [3.63, 3.8) is 0 Å². The van der Waals surface area contributed by atoms with Gasteiger partial charge in [-0.15, -0.1) is 11.3 Å². The molecular weight excluding hydrogens is 302 g/mol. The van der Waals surface area contributed by atoms with E-state index in [0.717, 1.165) is 6.42 Å². The summed E-state index contributed by atoms with van der Waals surface area (Å²) < 4.78 is 1.29. The van der Waals surface area contributed by atoms with Gasteiger partial charge in [-0.1, -0.05) is 29.8 Å². The predicted octanol–water partition coefficient (Wildman–Crippen LogP) is 4.53. The molecule has 1 heterocycles. The first-order valence-corrected chi connectivity index (χ1v) is 7.99. The fraction of sp³-hybridized carbons (Fsp3) is 0.118. The van der Waals surface area contributed by atoms with E-state index in [9.17, 15) is 4.79 Å². The number of amides is 1. The zero-order valence-corrected chi connectivity index (χ0v) is 12.9. The second kappa shape index (κ2) is 6.29. The van der Waals surface area contributed by atoms with Gasteiger partial charge in [-0.05, 0) is 53.1 Å². The molecule has 106 valence electrons. The number of halogens is 1. The number of hydrogen-bond donors (Lipinski definition) is 1. The van der Waals surface area contributed by atoms with Gasteiger partial charge in [0.2, 0.25) is 0 Å². The Hall–Kier alpha value is -1.84. The molecular formula is C17H14ClNOS. The summed E-state index contributed by atoms with van der Waals surface area (Å²) in [5.74, 6) is -0.0637. The number of hydrogen-bond acceptors (Lipinski definition) is 2. The van der Waals surface area contributed by atoms with Crippen LogP contribution in [-0.4, -0.2) is 12.5 Å². The number of benzene rings is 2. The van der Waals surface area contributed by atoms with Gasteiger partial charge in [0.1, 0.15) is 0 Å². The van der Waals surface area contributed by atoms with E-state index >= 15 is 0 Å². The van der Waals surface area contributed by atoms with E-state index in [-0.39, 0.29) is 5.91 Å². The largest absolute Gasteiger partial charge is 0.352 e. The van der Waals surface area contributed by atoms with Crippen LogP contribution in [0.3, 0.4) is 0 Å². The van der Waals surface area contributed by atoms with Crippen molar-refractivity contribution in [1.29, 1.82) is 0 Å². The molecule has 4 heteroatoms. The van der Waals surface area contributed by atoms with E-state index in [0.29, 0.717) is 17.1 Å². The highest BCUT2D eigenvalue weighted by molar-refractivity contribution is 7.17. The maximum Gasteiger partial charge on any atom is 0.251 e. The van der Waals surface area contributed by atoms with Crippen LogP contribution in [-0.2, 0) is 6.42 Å². The van der Waals surface area contributed by atoms with Crippen LogP contribution >= 0.6 is 22.9 Å². The molecule has 21 heavy (non-hydrogen) atoms. The Morgan fingerprint density at radius 2 is 1.86 bits per heavy atom. The molecule has 0 saturated carbocycles. The van der Waals surface area contributed by atoms with Gasteiger partial charge in [0, 0.05) is 21.8 Å². The third-order valence-electron chi connectivity index (χ3n) is 3.35. The molecule has 0 aliphatic heterocycles. The number of fused-ring (bicyclic) bond motifs is 1. The van der Waals surface area contributed by atoms with Crippen LogP contribution in [0.4, 0.5) is 0 Å². The maximum atomic E-state index is 12.0. The van der Waals surface area contributed by atoms with E-state index in [1.54, 1.807) is 35.6 Å². The molecule has 2 aromatic carbocycles. The monoisotopic (exact) mass is 315 g/mol. The molecule has 1 aromatic heterocycles. The van der Waals surface area contributed by atoms with Gasteiger partial charge in [-0.3, -0.25) is 4.79 Å². The van der Waals surface area contributed by atoms with Crippen molar-refractivity contribution in [1.82, 2.24) is 5.32 Å². The first kappa shape index (κ1) is 14.1. The van der Waals surface area contributed by atoms with Crippen molar-refractivity contribution in [2.45, 2.75) is 6.42 Å². The lowest BCUT2D eigenvalue weighted by Crippen LogP contribution is -2.25. The zero-order chi connectivity index (χ0) is 14.7. The van der Waals surface area contributed by atoms with Crippen LogP contribution in [0, 0.1) is 0 Å². The summed E-state index contributed by atoms with van der Waals surface area (Å²) in [6.07, 6.45) is 0.837. The molecule has 0 saturated heterocycles.